The molecule has 1 aliphatic rings. The molecule has 1 aliphatic carbocycles. The molecule has 2 atom stereocenters. The summed E-state index contributed by atoms with van der Waals surface area (Å²) in [5.74, 6) is 0. The van der Waals surface area contributed by atoms with Crippen LogP contribution in [0.3, 0.4) is 0 Å². The number of nitrogens with one attached hydrogen (secondary N) is 1. The molecule has 4 nitrogen and oxygen atoms in total. The van der Waals surface area contributed by atoms with Gasteiger partial charge in [-0.15, -0.1) is 0 Å². The average Bonchev–Trinajstić information content (AvgIpc) is 2.91. The molecular formula is C17H18N2O2. The van der Waals surface area contributed by atoms with E-state index in [4.69, 9.17) is 0 Å². The molecule has 0 radical (unpaired) electrons. The van der Waals surface area contributed by atoms with E-state index in [0.29, 0.717) is 6.04 Å². The first-order valence-electron chi connectivity index (χ1n) is 7.23. The Hall–Kier alpha value is -2.20. The van der Waals surface area contributed by atoms with Crippen LogP contribution in [0.5, 0.6) is 0 Å². The first-order chi connectivity index (χ1) is 10.1. The van der Waals surface area contributed by atoms with E-state index >= 15 is 0 Å². The topological polar surface area (TPSA) is 55.2 Å². The zero-order valence-corrected chi connectivity index (χ0v) is 12.0. The van der Waals surface area contributed by atoms with Gasteiger partial charge in [-0.1, -0.05) is 36.4 Å². The third kappa shape index (κ3) is 2.81. The molecule has 108 valence electrons. The largest absolute Gasteiger partial charge is 0.303 e. The minimum absolute atomic E-state index is 0.0843. The van der Waals surface area contributed by atoms with Gasteiger partial charge in [0.05, 0.1) is 4.92 Å². The number of rotatable bonds is 4. The van der Waals surface area contributed by atoms with Gasteiger partial charge in [0, 0.05) is 24.2 Å². The summed E-state index contributed by atoms with van der Waals surface area (Å²) in [5.41, 5.74) is 3.86. The van der Waals surface area contributed by atoms with E-state index in [0.717, 1.165) is 18.4 Å². The SMILES string of the molecule is CC(NC1CCc2ccccc21)c1cccc([N+](=O)[O-])c1. The van der Waals surface area contributed by atoms with Gasteiger partial charge in [0.15, 0.2) is 0 Å². The van der Waals surface area contributed by atoms with Crippen LogP contribution in [0.15, 0.2) is 48.5 Å². The third-order valence-corrected chi connectivity index (χ3v) is 4.17. The molecule has 0 heterocycles. The number of hydrogen-bond donors (Lipinski definition) is 1. The number of nitrogens with zero attached hydrogens (tertiary/aromatic N) is 1. The highest BCUT2D eigenvalue weighted by Gasteiger charge is 2.23. The van der Waals surface area contributed by atoms with E-state index < -0.39 is 0 Å². The van der Waals surface area contributed by atoms with Crippen molar-refractivity contribution in [3.8, 4) is 0 Å². The Labute approximate surface area is 124 Å². The van der Waals surface area contributed by atoms with Crippen molar-refractivity contribution in [2.75, 3.05) is 0 Å². The highest BCUT2D eigenvalue weighted by Crippen LogP contribution is 2.33. The lowest BCUT2D eigenvalue weighted by atomic mass is 10.0. The Morgan fingerprint density at radius 3 is 2.86 bits per heavy atom. The van der Waals surface area contributed by atoms with E-state index in [2.05, 4.69) is 36.5 Å². The number of fused-ring (bicyclic) bond motifs is 1. The normalized spacial score (nSPS) is 18.2. The molecule has 0 bridgehead atoms. The van der Waals surface area contributed by atoms with Gasteiger partial charge in [0.25, 0.3) is 5.69 Å². The summed E-state index contributed by atoms with van der Waals surface area (Å²) in [6, 6.07) is 15.8. The third-order valence-electron chi connectivity index (χ3n) is 4.17. The number of aryl methyl sites for hydroxylation is 1. The molecule has 0 fully saturated rings. The van der Waals surface area contributed by atoms with Crippen LogP contribution in [0.1, 0.15) is 42.1 Å². The lowest BCUT2D eigenvalue weighted by molar-refractivity contribution is -0.384. The quantitative estimate of drug-likeness (QED) is 0.682. The van der Waals surface area contributed by atoms with E-state index in [9.17, 15) is 10.1 Å². The maximum Gasteiger partial charge on any atom is 0.269 e. The van der Waals surface area contributed by atoms with E-state index in [1.165, 1.54) is 17.2 Å². The van der Waals surface area contributed by atoms with Crippen LogP contribution in [0.4, 0.5) is 5.69 Å². The smallest absolute Gasteiger partial charge is 0.269 e. The molecule has 1 N–H and O–H groups in total. The first kappa shape index (κ1) is 13.8. The van der Waals surface area contributed by atoms with Gasteiger partial charge in [0.2, 0.25) is 0 Å². The van der Waals surface area contributed by atoms with Gasteiger partial charge in [-0.3, -0.25) is 10.1 Å². The van der Waals surface area contributed by atoms with Crippen LogP contribution >= 0.6 is 0 Å². The van der Waals surface area contributed by atoms with E-state index in [1.54, 1.807) is 12.1 Å². The number of nitro groups is 1. The van der Waals surface area contributed by atoms with Crippen molar-refractivity contribution in [2.45, 2.75) is 31.8 Å². The predicted molar refractivity (Wildman–Crippen MR) is 82.2 cm³/mol. The van der Waals surface area contributed by atoms with E-state index in [1.807, 2.05) is 6.07 Å². The van der Waals surface area contributed by atoms with Crippen molar-refractivity contribution in [1.29, 1.82) is 0 Å². The second-order valence-electron chi connectivity index (χ2n) is 5.53. The Balaban J connectivity index is 1.77. The Morgan fingerprint density at radius 1 is 1.24 bits per heavy atom. The van der Waals surface area contributed by atoms with Gasteiger partial charge in [-0.05, 0) is 36.5 Å². The molecular weight excluding hydrogens is 264 g/mol. The van der Waals surface area contributed by atoms with Crippen molar-refractivity contribution in [3.05, 3.63) is 75.3 Å². The number of benzene rings is 2. The highest BCUT2D eigenvalue weighted by atomic mass is 16.6. The fraction of sp³-hybridized carbons (Fsp3) is 0.294. The first-order valence-corrected chi connectivity index (χ1v) is 7.23. The predicted octanol–water partition coefficient (Wildman–Crippen LogP) is 3.93. The number of nitro benzene ring substituents is 1. The zero-order chi connectivity index (χ0) is 14.8. The summed E-state index contributed by atoms with van der Waals surface area (Å²) in [6.07, 6.45) is 2.17. The maximum absolute atomic E-state index is 10.9. The van der Waals surface area contributed by atoms with E-state index in [-0.39, 0.29) is 16.7 Å². The summed E-state index contributed by atoms with van der Waals surface area (Å²) in [7, 11) is 0. The average molecular weight is 282 g/mol. The van der Waals surface area contributed by atoms with Crippen LogP contribution in [-0.2, 0) is 6.42 Å². The number of non-ortho nitro benzene ring substituents is 1. The maximum atomic E-state index is 10.9. The molecule has 0 aliphatic heterocycles. The molecule has 0 saturated heterocycles. The molecule has 0 saturated carbocycles. The van der Waals surface area contributed by atoms with Gasteiger partial charge < -0.3 is 5.32 Å². The zero-order valence-electron chi connectivity index (χ0n) is 12.0. The molecule has 21 heavy (non-hydrogen) atoms. The van der Waals surface area contributed by atoms with Crippen LogP contribution in [0.2, 0.25) is 0 Å². The van der Waals surface area contributed by atoms with Crippen LogP contribution < -0.4 is 5.32 Å². The Morgan fingerprint density at radius 2 is 2.05 bits per heavy atom. The minimum atomic E-state index is -0.346. The molecule has 2 aromatic rings. The summed E-state index contributed by atoms with van der Waals surface area (Å²) >= 11 is 0. The lowest BCUT2D eigenvalue weighted by Gasteiger charge is -2.20. The second kappa shape index (κ2) is 5.66. The molecule has 0 aromatic heterocycles. The molecule has 0 spiro atoms. The van der Waals surface area contributed by atoms with Crippen molar-refractivity contribution in [2.24, 2.45) is 0 Å². The second-order valence-corrected chi connectivity index (χ2v) is 5.53. The lowest BCUT2D eigenvalue weighted by Crippen LogP contribution is -2.23. The molecule has 2 aromatic carbocycles. The van der Waals surface area contributed by atoms with Crippen LogP contribution in [-0.4, -0.2) is 4.92 Å². The van der Waals surface area contributed by atoms with Crippen LogP contribution in [0, 0.1) is 10.1 Å². The van der Waals surface area contributed by atoms with Gasteiger partial charge in [-0.2, -0.15) is 0 Å². The van der Waals surface area contributed by atoms with Crippen molar-refractivity contribution >= 4 is 5.69 Å². The Kier molecular flexibility index (Phi) is 3.71. The van der Waals surface area contributed by atoms with Crippen molar-refractivity contribution in [1.82, 2.24) is 5.32 Å². The van der Waals surface area contributed by atoms with Gasteiger partial charge in [0.1, 0.15) is 0 Å². The summed E-state index contributed by atoms with van der Waals surface area (Å²) in [6.45, 7) is 2.06. The summed E-state index contributed by atoms with van der Waals surface area (Å²) in [5, 5.41) is 14.5. The standard InChI is InChI=1S/C17H18N2O2/c1-12(14-6-4-7-15(11-14)19(20)21)18-17-10-9-13-5-2-3-8-16(13)17/h2-8,11-12,17-18H,9-10H2,1H3. The highest BCUT2D eigenvalue weighted by molar-refractivity contribution is 5.37. The van der Waals surface area contributed by atoms with Crippen molar-refractivity contribution < 1.29 is 4.92 Å². The summed E-state index contributed by atoms with van der Waals surface area (Å²) in [4.78, 5) is 10.5. The van der Waals surface area contributed by atoms with Crippen LogP contribution in [0.25, 0.3) is 0 Å². The molecule has 4 heteroatoms. The molecule has 2 unspecified atom stereocenters. The van der Waals surface area contributed by atoms with Crippen molar-refractivity contribution in [3.63, 3.8) is 0 Å². The van der Waals surface area contributed by atoms with Gasteiger partial charge >= 0.3 is 0 Å². The molecule has 3 rings (SSSR count). The minimum Gasteiger partial charge on any atom is -0.303 e. The fourth-order valence-electron chi connectivity index (χ4n) is 3.04. The fourth-order valence-corrected chi connectivity index (χ4v) is 3.04. The van der Waals surface area contributed by atoms with Gasteiger partial charge in [-0.25, -0.2) is 0 Å². The molecule has 0 amide bonds. The Bertz CT molecular complexity index is 669. The monoisotopic (exact) mass is 282 g/mol. The number of hydrogen-bond acceptors (Lipinski definition) is 3. The summed E-state index contributed by atoms with van der Waals surface area (Å²) < 4.78 is 0.